The van der Waals surface area contributed by atoms with Crippen LogP contribution in [-0.4, -0.2) is 50.8 Å². The molecule has 6 nitrogen and oxygen atoms in total. The van der Waals surface area contributed by atoms with E-state index in [9.17, 15) is 0 Å². The molecule has 26 heavy (non-hydrogen) atoms. The first-order valence-electron chi connectivity index (χ1n) is 9.43. The zero-order valence-electron chi connectivity index (χ0n) is 17.2. The molecular formula is C20H36N4O2. The zero-order valence-corrected chi connectivity index (χ0v) is 17.2. The lowest BCUT2D eigenvalue weighted by Gasteiger charge is -2.31. The standard InChI is InChI=1S/C20H36N4O2/c1-7-24(8-2)17(11-15(3)4)14-23-20(21)22-13-16-9-10-18(25-5)19(12-16)26-6/h9-10,12,15,17H,7-8,11,13-14H2,1-6H3,(H3,21,22,23). The van der Waals surface area contributed by atoms with Gasteiger partial charge in [0.25, 0.3) is 0 Å². The average molecular weight is 365 g/mol. The first-order valence-corrected chi connectivity index (χ1v) is 9.43. The van der Waals surface area contributed by atoms with Crippen LogP contribution >= 0.6 is 0 Å². The van der Waals surface area contributed by atoms with Gasteiger partial charge in [-0.2, -0.15) is 0 Å². The molecule has 0 heterocycles. The predicted molar refractivity (Wildman–Crippen MR) is 109 cm³/mol. The smallest absolute Gasteiger partial charge is 0.188 e. The van der Waals surface area contributed by atoms with Crippen LogP contribution in [0.4, 0.5) is 0 Å². The van der Waals surface area contributed by atoms with Gasteiger partial charge in [-0.3, -0.25) is 4.90 Å². The van der Waals surface area contributed by atoms with Crippen LogP contribution in [0.2, 0.25) is 0 Å². The van der Waals surface area contributed by atoms with E-state index >= 15 is 0 Å². The van der Waals surface area contributed by atoms with E-state index < -0.39 is 0 Å². The number of rotatable bonds is 11. The number of hydrogen-bond acceptors (Lipinski definition) is 4. The summed E-state index contributed by atoms with van der Waals surface area (Å²) < 4.78 is 10.6. The van der Waals surface area contributed by atoms with Gasteiger partial charge in [-0.15, -0.1) is 0 Å². The highest BCUT2D eigenvalue weighted by Crippen LogP contribution is 2.27. The molecule has 0 saturated carbocycles. The van der Waals surface area contributed by atoms with Crippen LogP contribution in [0.25, 0.3) is 0 Å². The number of nitrogens with two attached hydrogens (primary N) is 1. The summed E-state index contributed by atoms with van der Waals surface area (Å²) in [5, 5.41) is 3.29. The summed E-state index contributed by atoms with van der Waals surface area (Å²) in [6.07, 6.45) is 1.14. The molecule has 0 saturated heterocycles. The van der Waals surface area contributed by atoms with Gasteiger partial charge in [-0.05, 0) is 43.1 Å². The number of methoxy groups -OCH3 is 2. The predicted octanol–water partition coefficient (Wildman–Crippen LogP) is 2.86. The number of aliphatic imine (C=N–C) groups is 1. The monoisotopic (exact) mass is 364 g/mol. The molecule has 0 fully saturated rings. The highest BCUT2D eigenvalue weighted by molar-refractivity contribution is 5.77. The maximum atomic E-state index is 6.07. The Balaban J connectivity index is 2.66. The summed E-state index contributed by atoms with van der Waals surface area (Å²) >= 11 is 0. The Morgan fingerprint density at radius 1 is 1.15 bits per heavy atom. The molecular weight excluding hydrogens is 328 g/mol. The third-order valence-corrected chi connectivity index (χ3v) is 4.47. The van der Waals surface area contributed by atoms with Crippen LogP contribution in [0.15, 0.2) is 23.2 Å². The van der Waals surface area contributed by atoms with Crippen molar-refractivity contribution >= 4 is 5.96 Å². The van der Waals surface area contributed by atoms with Crippen LogP contribution in [0, 0.1) is 5.92 Å². The van der Waals surface area contributed by atoms with Crippen molar-refractivity contribution < 1.29 is 9.47 Å². The van der Waals surface area contributed by atoms with Crippen molar-refractivity contribution in [3.63, 3.8) is 0 Å². The van der Waals surface area contributed by atoms with Crippen LogP contribution in [0.3, 0.4) is 0 Å². The summed E-state index contributed by atoms with van der Waals surface area (Å²) in [6, 6.07) is 6.23. The summed E-state index contributed by atoms with van der Waals surface area (Å²) in [7, 11) is 3.25. The quantitative estimate of drug-likeness (QED) is 0.467. The first kappa shape index (κ1) is 22.1. The number of nitrogens with zero attached hydrogens (tertiary/aromatic N) is 2. The van der Waals surface area contributed by atoms with Crippen molar-refractivity contribution in [2.24, 2.45) is 16.6 Å². The van der Waals surface area contributed by atoms with Crippen molar-refractivity contribution in [1.82, 2.24) is 10.2 Å². The summed E-state index contributed by atoms with van der Waals surface area (Å²) in [5.41, 5.74) is 7.10. The Morgan fingerprint density at radius 3 is 2.35 bits per heavy atom. The van der Waals surface area contributed by atoms with Gasteiger partial charge in [-0.1, -0.05) is 33.8 Å². The van der Waals surface area contributed by atoms with Crippen LogP contribution in [0.1, 0.15) is 39.7 Å². The van der Waals surface area contributed by atoms with Gasteiger partial charge < -0.3 is 20.5 Å². The Bertz CT molecular complexity index is 557. The molecule has 3 N–H and O–H groups in total. The third-order valence-electron chi connectivity index (χ3n) is 4.47. The van der Waals surface area contributed by atoms with Gasteiger partial charge in [0.2, 0.25) is 0 Å². The molecule has 1 aromatic carbocycles. The van der Waals surface area contributed by atoms with E-state index in [2.05, 4.69) is 42.9 Å². The Morgan fingerprint density at radius 2 is 1.81 bits per heavy atom. The number of hydrogen-bond donors (Lipinski definition) is 2. The molecule has 0 bridgehead atoms. The van der Waals surface area contributed by atoms with Crippen molar-refractivity contribution in [2.45, 2.75) is 46.7 Å². The summed E-state index contributed by atoms with van der Waals surface area (Å²) in [5.74, 6) is 2.53. The topological polar surface area (TPSA) is 72.1 Å². The first-order chi connectivity index (χ1) is 12.4. The molecule has 0 aliphatic rings. The van der Waals surface area contributed by atoms with Crippen molar-refractivity contribution in [1.29, 1.82) is 0 Å². The van der Waals surface area contributed by atoms with Gasteiger partial charge in [0, 0.05) is 12.6 Å². The minimum absolute atomic E-state index is 0.458. The second-order valence-electron chi connectivity index (χ2n) is 6.78. The van der Waals surface area contributed by atoms with Gasteiger partial charge in [0.15, 0.2) is 17.5 Å². The molecule has 0 radical (unpaired) electrons. The molecule has 1 atom stereocenters. The van der Waals surface area contributed by atoms with Gasteiger partial charge in [-0.25, -0.2) is 4.99 Å². The number of benzene rings is 1. The third kappa shape index (κ3) is 7.12. The largest absolute Gasteiger partial charge is 0.493 e. The highest BCUT2D eigenvalue weighted by Gasteiger charge is 2.17. The number of guanidine groups is 1. The van der Waals surface area contributed by atoms with E-state index in [0.717, 1.165) is 31.6 Å². The van der Waals surface area contributed by atoms with Gasteiger partial charge >= 0.3 is 0 Å². The lowest BCUT2D eigenvalue weighted by Crippen LogP contribution is -2.46. The molecule has 0 amide bonds. The van der Waals surface area contributed by atoms with Crippen molar-refractivity contribution in [3.8, 4) is 11.5 Å². The zero-order chi connectivity index (χ0) is 19.5. The average Bonchev–Trinajstić information content (AvgIpc) is 2.64. The molecule has 148 valence electrons. The van der Waals surface area contributed by atoms with Gasteiger partial charge in [0.1, 0.15) is 0 Å². The Labute approximate surface area is 158 Å². The van der Waals surface area contributed by atoms with Crippen molar-refractivity contribution in [2.75, 3.05) is 33.9 Å². The minimum Gasteiger partial charge on any atom is -0.493 e. The lowest BCUT2D eigenvalue weighted by molar-refractivity contribution is 0.191. The minimum atomic E-state index is 0.458. The number of ether oxygens (including phenoxy) is 2. The number of nitrogens with one attached hydrogen (secondary N) is 1. The maximum absolute atomic E-state index is 6.07. The van der Waals surface area contributed by atoms with Crippen molar-refractivity contribution in [3.05, 3.63) is 23.8 Å². The molecule has 0 aliphatic heterocycles. The van der Waals surface area contributed by atoms with E-state index in [1.807, 2.05) is 18.2 Å². The lowest BCUT2D eigenvalue weighted by atomic mass is 10.0. The van der Waals surface area contributed by atoms with Gasteiger partial charge in [0.05, 0.1) is 20.8 Å². The van der Waals surface area contributed by atoms with Crippen LogP contribution < -0.4 is 20.5 Å². The van der Waals surface area contributed by atoms with E-state index in [0.29, 0.717) is 36.0 Å². The fraction of sp³-hybridized carbons (Fsp3) is 0.650. The second kappa shape index (κ2) is 11.6. The number of likely N-dealkylation sites (N-methyl/N-ethyl adjacent to an activating group) is 1. The molecule has 1 unspecified atom stereocenters. The molecule has 1 rings (SSSR count). The van der Waals surface area contributed by atoms with E-state index in [-0.39, 0.29) is 0 Å². The molecule has 0 aliphatic carbocycles. The fourth-order valence-corrected chi connectivity index (χ4v) is 3.08. The summed E-state index contributed by atoms with van der Waals surface area (Å²) in [4.78, 5) is 6.92. The molecule has 1 aromatic rings. The van der Waals surface area contributed by atoms with E-state index in [4.69, 9.17) is 15.2 Å². The normalized spacial score (nSPS) is 13.2. The van der Waals surface area contributed by atoms with Crippen LogP contribution in [0.5, 0.6) is 11.5 Å². The van der Waals surface area contributed by atoms with E-state index in [1.165, 1.54) is 0 Å². The van der Waals surface area contributed by atoms with Crippen LogP contribution in [-0.2, 0) is 6.54 Å². The maximum Gasteiger partial charge on any atom is 0.188 e. The molecule has 0 aromatic heterocycles. The Kier molecular flexibility index (Phi) is 9.88. The molecule has 0 spiro atoms. The fourth-order valence-electron chi connectivity index (χ4n) is 3.08. The Hall–Kier alpha value is -1.95. The highest BCUT2D eigenvalue weighted by atomic mass is 16.5. The van der Waals surface area contributed by atoms with E-state index in [1.54, 1.807) is 14.2 Å². The summed E-state index contributed by atoms with van der Waals surface area (Å²) in [6.45, 7) is 12.3. The molecule has 6 heteroatoms. The second-order valence-corrected chi connectivity index (χ2v) is 6.78. The SMILES string of the molecule is CCN(CC)C(CNC(N)=NCc1ccc(OC)c(OC)c1)CC(C)C.